The average molecular weight is 339 g/mol. The first kappa shape index (κ1) is 22.7. The highest BCUT2D eigenvalue weighted by Crippen LogP contribution is 2.09. The molecule has 0 bridgehead atoms. The highest BCUT2D eigenvalue weighted by molar-refractivity contribution is 5.94. The second kappa shape index (κ2) is 18.0. The predicted molar refractivity (Wildman–Crippen MR) is 102 cm³/mol. The number of carbonyl (C=O) groups is 2. The summed E-state index contributed by atoms with van der Waals surface area (Å²) >= 11 is 0. The van der Waals surface area contributed by atoms with Crippen LogP contribution in [0.2, 0.25) is 0 Å². The van der Waals surface area contributed by atoms with Gasteiger partial charge in [0.2, 0.25) is 5.91 Å². The van der Waals surface area contributed by atoms with Gasteiger partial charge in [-0.2, -0.15) is 0 Å². The van der Waals surface area contributed by atoms with E-state index in [9.17, 15) is 9.59 Å². The third-order valence-corrected chi connectivity index (χ3v) is 4.15. The highest BCUT2D eigenvalue weighted by atomic mass is 16.2. The van der Waals surface area contributed by atoms with Gasteiger partial charge < -0.3 is 5.32 Å². The SMILES string of the molecule is CCCCCCCCC=CCCCCCCCC(=O)NC(=O)NC. The predicted octanol–water partition coefficient (Wildman–Crippen LogP) is 5.48. The van der Waals surface area contributed by atoms with Crippen LogP contribution in [0.15, 0.2) is 12.2 Å². The van der Waals surface area contributed by atoms with Crippen LogP contribution in [0.1, 0.15) is 96.8 Å². The Bertz CT molecular complexity index is 341. The molecular weight excluding hydrogens is 300 g/mol. The molecule has 0 unspecified atom stereocenters. The molecule has 0 spiro atoms. The van der Waals surface area contributed by atoms with Gasteiger partial charge in [-0.05, 0) is 32.1 Å². The molecule has 0 rings (SSSR count). The molecule has 0 radical (unpaired) electrons. The van der Waals surface area contributed by atoms with Crippen molar-refractivity contribution in [1.82, 2.24) is 10.6 Å². The van der Waals surface area contributed by atoms with Gasteiger partial charge in [0.05, 0.1) is 0 Å². The molecule has 140 valence electrons. The Kier molecular flexibility index (Phi) is 17.0. The Morgan fingerprint density at radius 1 is 0.750 bits per heavy atom. The van der Waals surface area contributed by atoms with E-state index in [1.54, 1.807) is 0 Å². The summed E-state index contributed by atoms with van der Waals surface area (Å²) in [5.41, 5.74) is 0. The normalized spacial score (nSPS) is 10.9. The standard InChI is InChI=1S/C20H38N2O2/c1-3-4-5-6-7-8-9-10-11-12-13-14-15-16-17-18-19(23)22-20(24)21-2/h10-11H,3-9,12-18H2,1-2H3,(H2,21,22,23,24). The zero-order valence-electron chi connectivity index (χ0n) is 15.9. The molecule has 0 aliphatic carbocycles. The molecule has 4 heteroatoms. The second-order valence-corrected chi connectivity index (χ2v) is 6.46. The van der Waals surface area contributed by atoms with Gasteiger partial charge in [0.15, 0.2) is 0 Å². The molecule has 0 aromatic heterocycles. The van der Waals surface area contributed by atoms with Crippen LogP contribution in [0.25, 0.3) is 0 Å². The number of carbonyl (C=O) groups excluding carboxylic acids is 2. The first-order valence-corrected chi connectivity index (χ1v) is 9.87. The van der Waals surface area contributed by atoms with Crippen molar-refractivity contribution in [3.05, 3.63) is 12.2 Å². The Morgan fingerprint density at radius 3 is 1.79 bits per heavy atom. The lowest BCUT2D eigenvalue weighted by atomic mass is 10.1. The smallest absolute Gasteiger partial charge is 0.321 e. The summed E-state index contributed by atoms with van der Waals surface area (Å²) in [6.45, 7) is 2.26. The number of imide groups is 1. The fourth-order valence-corrected chi connectivity index (χ4v) is 2.61. The van der Waals surface area contributed by atoms with E-state index >= 15 is 0 Å². The monoisotopic (exact) mass is 338 g/mol. The van der Waals surface area contributed by atoms with E-state index in [-0.39, 0.29) is 5.91 Å². The van der Waals surface area contributed by atoms with Gasteiger partial charge in [-0.25, -0.2) is 4.79 Å². The lowest BCUT2D eigenvalue weighted by Gasteiger charge is -2.03. The summed E-state index contributed by atoms with van der Waals surface area (Å²) in [6, 6.07) is -0.423. The van der Waals surface area contributed by atoms with Gasteiger partial charge in [-0.3, -0.25) is 10.1 Å². The Labute approximate surface area is 148 Å². The summed E-state index contributed by atoms with van der Waals surface area (Å²) in [5, 5.41) is 4.65. The number of hydrogen-bond donors (Lipinski definition) is 2. The van der Waals surface area contributed by atoms with Crippen LogP contribution in [0.4, 0.5) is 4.79 Å². The lowest BCUT2D eigenvalue weighted by Crippen LogP contribution is -2.37. The van der Waals surface area contributed by atoms with Crippen molar-refractivity contribution in [2.24, 2.45) is 0 Å². The zero-order chi connectivity index (χ0) is 17.9. The molecule has 3 amide bonds. The second-order valence-electron chi connectivity index (χ2n) is 6.46. The van der Waals surface area contributed by atoms with Gasteiger partial charge in [-0.1, -0.05) is 70.4 Å². The first-order valence-electron chi connectivity index (χ1n) is 9.87. The van der Waals surface area contributed by atoms with Crippen molar-refractivity contribution in [2.45, 2.75) is 96.8 Å². The molecule has 0 aromatic rings. The van der Waals surface area contributed by atoms with Gasteiger partial charge >= 0.3 is 6.03 Å². The van der Waals surface area contributed by atoms with Crippen molar-refractivity contribution in [3.8, 4) is 0 Å². The van der Waals surface area contributed by atoms with E-state index in [1.165, 1.54) is 77.7 Å². The maximum Gasteiger partial charge on any atom is 0.321 e. The van der Waals surface area contributed by atoms with Crippen LogP contribution in [-0.4, -0.2) is 19.0 Å². The molecule has 0 heterocycles. The summed E-state index contributed by atoms with van der Waals surface area (Å²) in [6.07, 6.45) is 21.2. The molecule has 24 heavy (non-hydrogen) atoms. The quantitative estimate of drug-likeness (QED) is 0.307. The van der Waals surface area contributed by atoms with Crippen molar-refractivity contribution in [2.75, 3.05) is 7.05 Å². The molecule has 0 atom stereocenters. The minimum atomic E-state index is -0.423. The molecule has 4 nitrogen and oxygen atoms in total. The number of urea groups is 1. The van der Waals surface area contributed by atoms with Crippen LogP contribution in [0.5, 0.6) is 0 Å². The van der Waals surface area contributed by atoms with E-state index in [2.05, 4.69) is 29.7 Å². The van der Waals surface area contributed by atoms with Gasteiger partial charge in [-0.15, -0.1) is 0 Å². The lowest BCUT2D eigenvalue weighted by molar-refractivity contribution is -0.120. The number of rotatable bonds is 15. The third-order valence-electron chi connectivity index (χ3n) is 4.15. The molecule has 0 fully saturated rings. The molecular formula is C20H38N2O2. The number of nitrogens with one attached hydrogen (secondary N) is 2. The topological polar surface area (TPSA) is 58.2 Å². The van der Waals surface area contributed by atoms with E-state index in [0.717, 1.165) is 12.8 Å². The van der Waals surface area contributed by atoms with Crippen molar-refractivity contribution < 1.29 is 9.59 Å². The van der Waals surface area contributed by atoms with Crippen molar-refractivity contribution in [1.29, 1.82) is 0 Å². The number of hydrogen-bond acceptors (Lipinski definition) is 2. The zero-order valence-corrected chi connectivity index (χ0v) is 15.9. The average Bonchev–Trinajstić information content (AvgIpc) is 2.58. The molecule has 0 saturated carbocycles. The minimum absolute atomic E-state index is 0.188. The summed E-state index contributed by atoms with van der Waals surface area (Å²) in [7, 11) is 1.50. The fraction of sp³-hybridized carbons (Fsp3) is 0.800. The molecule has 0 saturated heterocycles. The van der Waals surface area contributed by atoms with Crippen molar-refractivity contribution in [3.63, 3.8) is 0 Å². The molecule has 2 N–H and O–H groups in total. The number of unbranched alkanes of at least 4 members (excludes halogenated alkanes) is 11. The van der Waals surface area contributed by atoms with E-state index in [4.69, 9.17) is 0 Å². The van der Waals surface area contributed by atoms with Crippen LogP contribution < -0.4 is 10.6 Å². The maximum absolute atomic E-state index is 11.4. The van der Waals surface area contributed by atoms with Crippen LogP contribution in [-0.2, 0) is 4.79 Å². The van der Waals surface area contributed by atoms with Crippen molar-refractivity contribution >= 4 is 11.9 Å². The Hall–Kier alpha value is -1.32. The minimum Gasteiger partial charge on any atom is -0.341 e. The number of allylic oxidation sites excluding steroid dienone is 2. The number of amides is 3. The molecule has 0 aliphatic heterocycles. The summed E-state index contributed by atoms with van der Waals surface area (Å²) in [5.74, 6) is -0.188. The van der Waals surface area contributed by atoms with Gasteiger partial charge in [0, 0.05) is 13.5 Å². The van der Waals surface area contributed by atoms with Gasteiger partial charge in [0.25, 0.3) is 0 Å². The molecule has 0 aliphatic rings. The Balaban J connectivity index is 3.23. The van der Waals surface area contributed by atoms with E-state index < -0.39 is 6.03 Å². The third kappa shape index (κ3) is 17.0. The van der Waals surface area contributed by atoms with Gasteiger partial charge in [0.1, 0.15) is 0 Å². The largest absolute Gasteiger partial charge is 0.341 e. The van der Waals surface area contributed by atoms with Crippen LogP contribution in [0, 0.1) is 0 Å². The summed E-state index contributed by atoms with van der Waals surface area (Å²) < 4.78 is 0. The summed E-state index contributed by atoms with van der Waals surface area (Å²) in [4.78, 5) is 22.3. The first-order chi connectivity index (χ1) is 11.7. The van der Waals surface area contributed by atoms with Crippen LogP contribution in [0.3, 0.4) is 0 Å². The molecule has 0 aromatic carbocycles. The van der Waals surface area contributed by atoms with E-state index in [1.807, 2.05) is 0 Å². The highest BCUT2D eigenvalue weighted by Gasteiger charge is 2.04. The van der Waals surface area contributed by atoms with Crippen LogP contribution >= 0.6 is 0 Å². The fourth-order valence-electron chi connectivity index (χ4n) is 2.61. The maximum atomic E-state index is 11.4. The Morgan fingerprint density at radius 2 is 1.25 bits per heavy atom. The van der Waals surface area contributed by atoms with E-state index in [0.29, 0.717) is 6.42 Å².